The second-order valence-electron chi connectivity index (χ2n) is 4.69. The molecule has 0 radical (unpaired) electrons. The fraction of sp³-hybridized carbons (Fsp3) is 0.500. The molecule has 0 spiro atoms. The molecule has 0 saturated carbocycles. The Morgan fingerprint density at radius 2 is 1.62 bits per heavy atom. The molecule has 0 aliphatic heterocycles. The van der Waals surface area contributed by atoms with Crippen LogP contribution in [0.5, 0.6) is 0 Å². The predicted octanol–water partition coefficient (Wildman–Crippen LogP) is 1.12. The fourth-order valence-electron chi connectivity index (χ4n) is 1.35. The van der Waals surface area contributed by atoms with Crippen molar-refractivity contribution in [1.82, 2.24) is 0 Å². The van der Waals surface area contributed by atoms with Gasteiger partial charge in [-0.15, -0.1) is 5.56 Å². The number of rotatable bonds is 0. The van der Waals surface area contributed by atoms with Gasteiger partial charge in [-0.2, -0.15) is 36.9 Å². The first-order chi connectivity index (χ1) is 6.62. The van der Waals surface area contributed by atoms with Crippen LogP contribution in [-0.4, -0.2) is 0 Å². The van der Waals surface area contributed by atoms with Gasteiger partial charge < -0.3 is 0 Å². The number of alkyl halides is 3. The summed E-state index contributed by atoms with van der Waals surface area (Å²) >= 11 is 0. The zero-order valence-corrected chi connectivity index (χ0v) is 10.3. The van der Waals surface area contributed by atoms with Crippen LogP contribution in [0, 0.1) is 13.0 Å². The van der Waals surface area contributed by atoms with Crippen LogP contribution >= 0.6 is 0 Å². The largest absolute Gasteiger partial charge is 1.00 e. The van der Waals surface area contributed by atoms with Crippen LogP contribution in [0.15, 0.2) is 12.1 Å². The van der Waals surface area contributed by atoms with Gasteiger partial charge in [-0.1, -0.05) is 38.7 Å². The molecule has 0 unspecified atom stereocenters. The van der Waals surface area contributed by atoms with Crippen molar-refractivity contribution in [3.63, 3.8) is 0 Å². The summed E-state index contributed by atoms with van der Waals surface area (Å²) < 4.78 is 37.3. The summed E-state index contributed by atoms with van der Waals surface area (Å²) in [5, 5.41) is 0. The fourth-order valence-corrected chi connectivity index (χ4v) is 1.35. The van der Waals surface area contributed by atoms with Gasteiger partial charge in [-0.3, -0.25) is 0 Å². The molecule has 4 heteroatoms. The molecular formula is C12H14F3Li. The van der Waals surface area contributed by atoms with Gasteiger partial charge in [0.15, 0.2) is 0 Å². The monoisotopic (exact) mass is 222 g/mol. The van der Waals surface area contributed by atoms with Crippen LogP contribution in [0.1, 0.15) is 37.5 Å². The van der Waals surface area contributed by atoms with Crippen molar-refractivity contribution in [2.75, 3.05) is 0 Å². The van der Waals surface area contributed by atoms with Crippen LogP contribution in [0.3, 0.4) is 0 Å². The molecule has 0 aliphatic rings. The van der Waals surface area contributed by atoms with Crippen LogP contribution in [0.2, 0.25) is 0 Å². The maximum absolute atomic E-state index is 12.4. The Morgan fingerprint density at radius 3 is 1.94 bits per heavy atom. The summed E-state index contributed by atoms with van der Waals surface area (Å²) in [6.07, 6.45) is -4.31. The molecule has 0 bridgehead atoms. The molecule has 1 rings (SSSR count). The minimum Gasteiger partial charge on any atom is -0.173 e. The van der Waals surface area contributed by atoms with Crippen molar-refractivity contribution in [1.29, 1.82) is 0 Å². The third-order valence-corrected chi connectivity index (χ3v) is 2.29. The molecule has 1 aromatic rings. The summed E-state index contributed by atoms with van der Waals surface area (Å²) in [4.78, 5) is 0. The third-order valence-electron chi connectivity index (χ3n) is 2.29. The van der Waals surface area contributed by atoms with E-state index in [4.69, 9.17) is 0 Å². The smallest absolute Gasteiger partial charge is 0.173 e. The molecule has 1 aromatic carbocycles. The SMILES string of the molecule is Cc1cc(C(C)(C)C)c[c-]c1C(F)(F)F.[Li+]. The molecule has 0 nitrogen and oxygen atoms in total. The Kier molecular flexibility index (Phi) is 4.73. The zero-order chi connectivity index (χ0) is 11.9. The van der Waals surface area contributed by atoms with Crippen molar-refractivity contribution in [3.8, 4) is 0 Å². The number of aryl methyl sites for hydroxylation is 1. The summed E-state index contributed by atoms with van der Waals surface area (Å²) in [5.41, 5.74) is 0.282. The van der Waals surface area contributed by atoms with Gasteiger partial charge >= 0.3 is 25.0 Å². The van der Waals surface area contributed by atoms with E-state index in [1.165, 1.54) is 13.0 Å². The van der Waals surface area contributed by atoms with Gasteiger partial charge in [0, 0.05) is 0 Å². The van der Waals surface area contributed by atoms with Gasteiger partial charge in [-0.05, 0) is 0 Å². The average Bonchev–Trinajstić information content (AvgIpc) is 1.99. The van der Waals surface area contributed by atoms with Crippen molar-refractivity contribution in [2.24, 2.45) is 0 Å². The molecule has 84 valence electrons. The van der Waals surface area contributed by atoms with E-state index in [1.54, 1.807) is 6.07 Å². The summed E-state index contributed by atoms with van der Waals surface area (Å²) in [6.45, 7) is 7.35. The number of benzene rings is 1. The minimum atomic E-state index is -4.31. The Balaban J connectivity index is 0.00000225. The Hall–Kier alpha value is -0.393. The van der Waals surface area contributed by atoms with Crippen LogP contribution in [0.4, 0.5) is 13.2 Å². The first-order valence-corrected chi connectivity index (χ1v) is 4.72. The van der Waals surface area contributed by atoms with E-state index in [0.717, 1.165) is 5.56 Å². The van der Waals surface area contributed by atoms with E-state index >= 15 is 0 Å². The number of hydrogen-bond acceptors (Lipinski definition) is 0. The molecule has 0 N–H and O–H groups in total. The Labute approximate surface area is 106 Å². The Morgan fingerprint density at radius 1 is 1.12 bits per heavy atom. The summed E-state index contributed by atoms with van der Waals surface area (Å²) in [7, 11) is 0. The van der Waals surface area contributed by atoms with Gasteiger partial charge in [0.05, 0.1) is 0 Å². The van der Waals surface area contributed by atoms with Gasteiger partial charge in [0.1, 0.15) is 0 Å². The van der Waals surface area contributed by atoms with E-state index in [-0.39, 0.29) is 29.8 Å². The first kappa shape index (κ1) is 15.6. The standard InChI is InChI=1S/C12H14F3.Li/c1-8-7-9(11(2,3)4)5-6-10(8)12(13,14)15;/h5,7H,1-4H3;/q-1;+1. The molecule has 0 fully saturated rings. The zero-order valence-electron chi connectivity index (χ0n) is 10.3. The van der Waals surface area contributed by atoms with Gasteiger partial charge in [0.2, 0.25) is 0 Å². The van der Waals surface area contributed by atoms with Gasteiger partial charge in [0.25, 0.3) is 0 Å². The molecule has 0 atom stereocenters. The third kappa shape index (κ3) is 3.57. The maximum atomic E-state index is 12.4. The Bertz CT molecular complexity index is 362. The molecule has 0 heterocycles. The van der Waals surface area contributed by atoms with E-state index < -0.39 is 11.7 Å². The number of halogens is 3. The van der Waals surface area contributed by atoms with Crippen molar-refractivity contribution in [2.45, 2.75) is 39.3 Å². The molecule has 0 amide bonds. The molecule has 0 saturated heterocycles. The van der Waals surface area contributed by atoms with E-state index in [2.05, 4.69) is 6.07 Å². The van der Waals surface area contributed by atoms with Crippen LogP contribution in [0.25, 0.3) is 0 Å². The topological polar surface area (TPSA) is 0 Å². The predicted molar refractivity (Wildman–Crippen MR) is 53.7 cm³/mol. The van der Waals surface area contributed by atoms with Crippen molar-refractivity contribution >= 4 is 0 Å². The quantitative estimate of drug-likeness (QED) is 0.456. The van der Waals surface area contributed by atoms with E-state index in [9.17, 15) is 13.2 Å². The minimum absolute atomic E-state index is 0. The van der Waals surface area contributed by atoms with Crippen molar-refractivity contribution < 1.29 is 32.0 Å². The molecule has 16 heavy (non-hydrogen) atoms. The van der Waals surface area contributed by atoms with Crippen LogP contribution < -0.4 is 18.9 Å². The summed E-state index contributed by atoms with van der Waals surface area (Å²) in [6, 6.07) is 5.34. The normalized spacial score (nSPS) is 12.2. The van der Waals surface area contributed by atoms with Crippen LogP contribution in [-0.2, 0) is 11.6 Å². The summed E-state index contributed by atoms with van der Waals surface area (Å²) in [5.74, 6) is 0. The van der Waals surface area contributed by atoms with E-state index in [1.807, 2.05) is 20.8 Å². The first-order valence-electron chi connectivity index (χ1n) is 4.72. The maximum Gasteiger partial charge on any atom is 1.00 e. The molecular weight excluding hydrogens is 208 g/mol. The second kappa shape index (κ2) is 4.85. The van der Waals surface area contributed by atoms with E-state index in [0.29, 0.717) is 0 Å². The van der Waals surface area contributed by atoms with Crippen molar-refractivity contribution in [3.05, 3.63) is 34.9 Å². The molecule has 0 aromatic heterocycles. The number of hydrogen-bond donors (Lipinski definition) is 0. The second-order valence-corrected chi connectivity index (χ2v) is 4.69. The van der Waals surface area contributed by atoms with Gasteiger partial charge in [-0.25, -0.2) is 0 Å². The average molecular weight is 222 g/mol. The molecule has 0 aliphatic carbocycles.